The van der Waals surface area contributed by atoms with Crippen LogP contribution < -0.4 is 0 Å². The molecule has 1 saturated heterocycles. The normalized spacial score (nSPS) is 28.9. The molecule has 13 heavy (non-hydrogen) atoms. The molecule has 1 rings (SSSR count). The Morgan fingerprint density at radius 2 is 2.23 bits per heavy atom. The molecule has 1 heterocycles. The van der Waals surface area contributed by atoms with Crippen molar-refractivity contribution in [1.82, 2.24) is 4.90 Å². The molecule has 0 aromatic rings. The van der Waals surface area contributed by atoms with Crippen molar-refractivity contribution in [2.45, 2.75) is 19.4 Å². The molecule has 3 nitrogen and oxygen atoms in total. The topological polar surface area (TPSA) is 37.4 Å². The Hall–Kier alpha value is 0.260. The van der Waals surface area contributed by atoms with E-state index in [-0.39, 0.29) is 6.04 Å². The van der Waals surface area contributed by atoms with Crippen molar-refractivity contribution in [1.29, 1.82) is 0 Å². The largest absolute Gasteiger partial charge is 0.299 e. The highest BCUT2D eigenvalue weighted by Crippen LogP contribution is 2.11. The zero-order valence-electron chi connectivity index (χ0n) is 7.94. The van der Waals surface area contributed by atoms with Gasteiger partial charge in [0.25, 0.3) is 0 Å². The summed E-state index contributed by atoms with van der Waals surface area (Å²) >= 11 is 4.14. The molecule has 0 spiro atoms. The van der Waals surface area contributed by atoms with Gasteiger partial charge in [0.1, 0.15) is 0 Å². The van der Waals surface area contributed by atoms with E-state index in [1.165, 1.54) is 0 Å². The third-order valence-electron chi connectivity index (χ3n) is 2.41. The van der Waals surface area contributed by atoms with Crippen LogP contribution in [0.2, 0.25) is 0 Å². The SMILES string of the molecule is CC1CS(=O)(=O)CCN1CCCS. The number of hydrogen-bond donors (Lipinski definition) is 1. The van der Waals surface area contributed by atoms with Crippen LogP contribution in [0.1, 0.15) is 13.3 Å². The highest BCUT2D eigenvalue weighted by molar-refractivity contribution is 7.91. The van der Waals surface area contributed by atoms with Crippen LogP contribution in [0.15, 0.2) is 0 Å². The van der Waals surface area contributed by atoms with E-state index in [4.69, 9.17) is 0 Å². The molecule has 0 bridgehead atoms. The molecule has 0 saturated carbocycles. The second-order valence-electron chi connectivity index (χ2n) is 3.58. The van der Waals surface area contributed by atoms with Crippen LogP contribution in [0.25, 0.3) is 0 Å². The maximum Gasteiger partial charge on any atom is 0.153 e. The van der Waals surface area contributed by atoms with Crippen molar-refractivity contribution >= 4 is 22.5 Å². The molecule has 0 amide bonds. The Morgan fingerprint density at radius 1 is 1.54 bits per heavy atom. The zero-order chi connectivity index (χ0) is 9.90. The van der Waals surface area contributed by atoms with Crippen LogP contribution in [0.4, 0.5) is 0 Å². The molecule has 1 aliphatic rings. The average molecular weight is 223 g/mol. The third kappa shape index (κ3) is 3.48. The van der Waals surface area contributed by atoms with Gasteiger partial charge in [-0.15, -0.1) is 0 Å². The Balaban J connectivity index is 2.44. The molecule has 1 aliphatic heterocycles. The van der Waals surface area contributed by atoms with Crippen LogP contribution >= 0.6 is 12.6 Å². The summed E-state index contributed by atoms with van der Waals surface area (Å²) in [6, 6.07) is 0.179. The van der Waals surface area contributed by atoms with Crippen molar-refractivity contribution in [3.63, 3.8) is 0 Å². The van der Waals surface area contributed by atoms with Gasteiger partial charge in [0.15, 0.2) is 9.84 Å². The summed E-state index contributed by atoms with van der Waals surface area (Å²) < 4.78 is 22.5. The third-order valence-corrected chi connectivity index (χ3v) is 4.52. The van der Waals surface area contributed by atoms with Crippen LogP contribution in [0.5, 0.6) is 0 Å². The number of rotatable bonds is 3. The summed E-state index contributed by atoms with van der Waals surface area (Å²) in [6.45, 7) is 3.65. The van der Waals surface area contributed by atoms with E-state index in [2.05, 4.69) is 17.5 Å². The van der Waals surface area contributed by atoms with E-state index < -0.39 is 9.84 Å². The summed E-state index contributed by atoms with van der Waals surface area (Å²) in [5.41, 5.74) is 0. The van der Waals surface area contributed by atoms with Crippen LogP contribution in [-0.4, -0.2) is 49.7 Å². The number of sulfone groups is 1. The minimum atomic E-state index is -2.75. The highest BCUT2D eigenvalue weighted by Gasteiger charge is 2.27. The van der Waals surface area contributed by atoms with Crippen LogP contribution in [-0.2, 0) is 9.84 Å². The molecule has 78 valence electrons. The predicted molar refractivity (Wildman–Crippen MR) is 58.2 cm³/mol. The van der Waals surface area contributed by atoms with Crippen molar-refractivity contribution in [3.8, 4) is 0 Å². The standard InChI is InChI=1S/C8H17NO2S2/c1-8-7-13(10,11)6-4-9(8)3-2-5-12/h8,12H,2-7H2,1H3. The van der Waals surface area contributed by atoms with Gasteiger partial charge in [-0.2, -0.15) is 12.6 Å². The quantitative estimate of drug-likeness (QED) is 0.705. The maximum atomic E-state index is 11.2. The average Bonchev–Trinajstić information content (AvgIpc) is 2.02. The maximum absolute atomic E-state index is 11.2. The second kappa shape index (κ2) is 4.66. The smallest absolute Gasteiger partial charge is 0.153 e. The van der Waals surface area contributed by atoms with E-state index in [0.29, 0.717) is 18.1 Å². The van der Waals surface area contributed by atoms with Crippen molar-refractivity contribution in [2.24, 2.45) is 0 Å². The van der Waals surface area contributed by atoms with Gasteiger partial charge in [-0.1, -0.05) is 0 Å². The van der Waals surface area contributed by atoms with Gasteiger partial charge in [0.05, 0.1) is 11.5 Å². The molecule has 0 N–H and O–H groups in total. The molecule has 1 atom stereocenters. The first kappa shape index (κ1) is 11.3. The monoisotopic (exact) mass is 223 g/mol. The van der Waals surface area contributed by atoms with Gasteiger partial charge in [-0.25, -0.2) is 8.42 Å². The Kier molecular flexibility index (Phi) is 4.06. The summed E-state index contributed by atoms with van der Waals surface area (Å²) in [6.07, 6.45) is 1.04. The number of nitrogens with zero attached hydrogens (tertiary/aromatic N) is 1. The fraction of sp³-hybridized carbons (Fsp3) is 1.00. The fourth-order valence-electron chi connectivity index (χ4n) is 1.64. The minimum Gasteiger partial charge on any atom is -0.299 e. The molecule has 0 radical (unpaired) electrons. The number of thiol groups is 1. The van der Waals surface area contributed by atoms with Crippen molar-refractivity contribution in [2.75, 3.05) is 30.3 Å². The highest BCUT2D eigenvalue weighted by atomic mass is 32.2. The van der Waals surface area contributed by atoms with E-state index in [1.54, 1.807) is 0 Å². The molecular weight excluding hydrogens is 206 g/mol. The van der Waals surface area contributed by atoms with Crippen molar-refractivity contribution < 1.29 is 8.42 Å². The Morgan fingerprint density at radius 3 is 2.77 bits per heavy atom. The van der Waals surface area contributed by atoms with Gasteiger partial charge >= 0.3 is 0 Å². The van der Waals surface area contributed by atoms with Gasteiger partial charge in [-0.05, 0) is 25.6 Å². The lowest BCUT2D eigenvalue weighted by molar-refractivity contribution is 0.228. The molecule has 0 aliphatic carbocycles. The number of hydrogen-bond acceptors (Lipinski definition) is 4. The Bertz CT molecular complexity index is 251. The van der Waals surface area contributed by atoms with Crippen LogP contribution in [0, 0.1) is 0 Å². The summed E-state index contributed by atoms with van der Waals surface area (Å²) in [4.78, 5) is 2.23. The molecule has 0 aromatic heterocycles. The van der Waals surface area contributed by atoms with E-state index in [0.717, 1.165) is 18.7 Å². The molecule has 1 unspecified atom stereocenters. The van der Waals surface area contributed by atoms with Gasteiger partial charge in [0.2, 0.25) is 0 Å². The van der Waals surface area contributed by atoms with Gasteiger partial charge in [0, 0.05) is 12.6 Å². The zero-order valence-corrected chi connectivity index (χ0v) is 9.65. The lowest BCUT2D eigenvalue weighted by Gasteiger charge is -2.32. The lowest BCUT2D eigenvalue weighted by atomic mass is 10.3. The molecule has 0 aromatic carbocycles. The molecule has 5 heteroatoms. The van der Waals surface area contributed by atoms with Crippen molar-refractivity contribution in [3.05, 3.63) is 0 Å². The first-order valence-corrected chi connectivity index (χ1v) is 7.06. The van der Waals surface area contributed by atoms with E-state index in [9.17, 15) is 8.42 Å². The lowest BCUT2D eigenvalue weighted by Crippen LogP contribution is -2.47. The van der Waals surface area contributed by atoms with E-state index >= 15 is 0 Å². The summed E-state index contributed by atoms with van der Waals surface area (Å²) in [5, 5.41) is 0. The van der Waals surface area contributed by atoms with Gasteiger partial charge < -0.3 is 0 Å². The molecular formula is C8H17NO2S2. The first-order chi connectivity index (χ1) is 6.05. The molecule has 1 fully saturated rings. The predicted octanol–water partition coefficient (Wildman–Crippen LogP) is 0.425. The minimum absolute atomic E-state index is 0.179. The first-order valence-electron chi connectivity index (χ1n) is 4.60. The van der Waals surface area contributed by atoms with Gasteiger partial charge in [-0.3, -0.25) is 4.90 Å². The second-order valence-corrected chi connectivity index (χ2v) is 6.25. The summed E-state index contributed by atoms with van der Waals surface area (Å²) in [7, 11) is -2.75. The Labute approximate surface area is 85.8 Å². The fourth-order valence-corrected chi connectivity index (χ4v) is 3.41. The van der Waals surface area contributed by atoms with Crippen LogP contribution in [0.3, 0.4) is 0 Å². The van der Waals surface area contributed by atoms with E-state index in [1.807, 2.05) is 6.92 Å². The summed E-state index contributed by atoms with van der Waals surface area (Å²) in [5.74, 6) is 1.51.